The van der Waals surface area contributed by atoms with Gasteiger partial charge in [-0.3, -0.25) is 9.69 Å². The van der Waals surface area contributed by atoms with Crippen molar-refractivity contribution in [2.24, 2.45) is 0 Å². The van der Waals surface area contributed by atoms with Crippen LogP contribution in [0.2, 0.25) is 0 Å². The first-order valence-electron chi connectivity index (χ1n) is 9.47. The first kappa shape index (κ1) is 18.5. The molecular weight excluding hydrogens is 324 g/mol. The minimum atomic E-state index is -0.0797. The van der Waals surface area contributed by atoms with Gasteiger partial charge in [0.1, 0.15) is 12.4 Å². The van der Waals surface area contributed by atoms with Crippen LogP contribution < -0.4 is 10.1 Å². The maximum Gasteiger partial charge on any atom is 0.256 e. The SMILES string of the molecule is CCCN(C(C)C)[C@H]1COc2cccc(C(=O)Nc3ccccc3)c2C1. The molecular formula is C22H28N2O2. The van der Waals surface area contributed by atoms with E-state index in [1.165, 1.54) is 0 Å². The van der Waals surface area contributed by atoms with Crippen LogP contribution in [-0.2, 0) is 6.42 Å². The van der Waals surface area contributed by atoms with E-state index >= 15 is 0 Å². The van der Waals surface area contributed by atoms with E-state index in [2.05, 4.69) is 31.0 Å². The van der Waals surface area contributed by atoms with Gasteiger partial charge in [0.15, 0.2) is 0 Å². The zero-order chi connectivity index (χ0) is 18.5. The molecule has 1 N–H and O–H groups in total. The summed E-state index contributed by atoms with van der Waals surface area (Å²) in [6, 6.07) is 16.1. The molecule has 0 fully saturated rings. The van der Waals surface area contributed by atoms with Crippen LogP contribution in [0.25, 0.3) is 0 Å². The lowest BCUT2D eigenvalue weighted by molar-refractivity contribution is 0.0909. The van der Waals surface area contributed by atoms with Gasteiger partial charge in [-0.1, -0.05) is 31.2 Å². The molecule has 4 nitrogen and oxygen atoms in total. The highest BCUT2D eigenvalue weighted by Crippen LogP contribution is 2.30. The molecule has 0 unspecified atom stereocenters. The number of hydrogen-bond acceptors (Lipinski definition) is 3. The molecule has 1 aliphatic rings. The number of fused-ring (bicyclic) bond motifs is 1. The van der Waals surface area contributed by atoms with Crippen molar-refractivity contribution >= 4 is 11.6 Å². The fraction of sp³-hybridized carbons (Fsp3) is 0.409. The Morgan fingerprint density at radius 2 is 1.96 bits per heavy atom. The minimum absolute atomic E-state index is 0.0797. The summed E-state index contributed by atoms with van der Waals surface area (Å²) < 4.78 is 6.03. The number of nitrogens with one attached hydrogen (secondary N) is 1. The molecule has 0 aliphatic carbocycles. The summed E-state index contributed by atoms with van der Waals surface area (Å²) in [4.78, 5) is 15.3. The van der Waals surface area contributed by atoms with Gasteiger partial charge in [-0.25, -0.2) is 0 Å². The number of hydrogen-bond donors (Lipinski definition) is 1. The van der Waals surface area contributed by atoms with Crippen LogP contribution in [0.3, 0.4) is 0 Å². The Balaban J connectivity index is 1.84. The van der Waals surface area contributed by atoms with E-state index in [4.69, 9.17) is 4.74 Å². The van der Waals surface area contributed by atoms with Gasteiger partial charge in [-0.2, -0.15) is 0 Å². The van der Waals surface area contributed by atoms with Crippen molar-refractivity contribution in [3.05, 3.63) is 59.7 Å². The number of ether oxygens (including phenoxy) is 1. The van der Waals surface area contributed by atoms with Gasteiger partial charge >= 0.3 is 0 Å². The van der Waals surface area contributed by atoms with E-state index in [9.17, 15) is 4.79 Å². The number of benzene rings is 2. The van der Waals surface area contributed by atoms with Crippen molar-refractivity contribution < 1.29 is 9.53 Å². The predicted octanol–water partition coefficient (Wildman–Crippen LogP) is 4.36. The minimum Gasteiger partial charge on any atom is -0.492 e. The topological polar surface area (TPSA) is 41.6 Å². The van der Waals surface area contributed by atoms with Gasteiger partial charge < -0.3 is 10.1 Å². The monoisotopic (exact) mass is 352 g/mol. The second-order valence-electron chi connectivity index (χ2n) is 7.10. The van der Waals surface area contributed by atoms with Gasteiger partial charge in [-0.15, -0.1) is 0 Å². The maximum absolute atomic E-state index is 12.8. The lowest BCUT2D eigenvalue weighted by atomic mass is 9.95. The lowest BCUT2D eigenvalue weighted by Gasteiger charge is -2.38. The molecule has 1 heterocycles. The van der Waals surface area contributed by atoms with Gasteiger partial charge in [0.05, 0.1) is 0 Å². The number of rotatable bonds is 6. The zero-order valence-electron chi connectivity index (χ0n) is 15.9. The second kappa shape index (κ2) is 8.37. The largest absolute Gasteiger partial charge is 0.492 e. The van der Waals surface area contributed by atoms with E-state index < -0.39 is 0 Å². The summed E-state index contributed by atoms with van der Waals surface area (Å²) in [6.07, 6.45) is 1.95. The van der Waals surface area contributed by atoms with Crippen LogP contribution in [0.1, 0.15) is 43.1 Å². The van der Waals surface area contributed by atoms with E-state index in [-0.39, 0.29) is 5.91 Å². The second-order valence-corrected chi connectivity index (χ2v) is 7.10. The van der Waals surface area contributed by atoms with Crippen molar-refractivity contribution in [2.75, 3.05) is 18.5 Å². The predicted molar refractivity (Wildman–Crippen MR) is 106 cm³/mol. The van der Waals surface area contributed by atoms with Crippen LogP contribution in [0.5, 0.6) is 5.75 Å². The summed E-state index contributed by atoms with van der Waals surface area (Å²) >= 11 is 0. The summed E-state index contributed by atoms with van der Waals surface area (Å²) in [6.45, 7) is 8.36. The first-order chi connectivity index (χ1) is 12.6. The molecule has 1 aliphatic heterocycles. The van der Waals surface area contributed by atoms with E-state index in [1.54, 1.807) is 0 Å². The molecule has 0 aromatic heterocycles. The van der Waals surface area contributed by atoms with Crippen molar-refractivity contribution in [3.8, 4) is 5.75 Å². The zero-order valence-corrected chi connectivity index (χ0v) is 15.9. The molecule has 0 saturated carbocycles. The fourth-order valence-electron chi connectivity index (χ4n) is 3.66. The Bertz CT molecular complexity index is 743. The van der Waals surface area contributed by atoms with Crippen LogP contribution in [0.15, 0.2) is 48.5 Å². The molecule has 3 rings (SSSR count). The Morgan fingerprint density at radius 1 is 1.19 bits per heavy atom. The lowest BCUT2D eigenvalue weighted by Crippen LogP contribution is -2.47. The molecule has 1 amide bonds. The number of nitrogens with zero attached hydrogens (tertiary/aromatic N) is 1. The third-order valence-corrected chi connectivity index (χ3v) is 4.89. The molecule has 138 valence electrons. The van der Waals surface area contributed by atoms with Gasteiger partial charge in [0.2, 0.25) is 0 Å². The Labute approximate surface area is 156 Å². The van der Waals surface area contributed by atoms with Gasteiger partial charge in [-0.05, 0) is 57.5 Å². The maximum atomic E-state index is 12.8. The molecule has 2 aromatic carbocycles. The molecule has 0 radical (unpaired) electrons. The summed E-state index contributed by atoms with van der Waals surface area (Å²) in [5.41, 5.74) is 2.52. The Hall–Kier alpha value is -2.33. The summed E-state index contributed by atoms with van der Waals surface area (Å²) in [5.74, 6) is 0.756. The fourth-order valence-corrected chi connectivity index (χ4v) is 3.66. The highest BCUT2D eigenvalue weighted by Gasteiger charge is 2.29. The number of anilines is 1. The molecule has 0 saturated heterocycles. The molecule has 4 heteroatoms. The molecule has 2 aromatic rings. The highest BCUT2D eigenvalue weighted by atomic mass is 16.5. The van der Waals surface area contributed by atoms with Crippen LogP contribution >= 0.6 is 0 Å². The molecule has 1 atom stereocenters. The van der Waals surface area contributed by atoms with Crippen molar-refractivity contribution in [2.45, 2.75) is 45.7 Å². The number of carbonyl (C=O) groups is 1. The Morgan fingerprint density at radius 3 is 2.65 bits per heavy atom. The highest BCUT2D eigenvalue weighted by molar-refractivity contribution is 6.05. The number of para-hydroxylation sites is 1. The molecule has 0 spiro atoms. The van der Waals surface area contributed by atoms with Crippen molar-refractivity contribution in [3.63, 3.8) is 0 Å². The number of amides is 1. The quantitative estimate of drug-likeness (QED) is 0.840. The van der Waals surface area contributed by atoms with Crippen LogP contribution in [0.4, 0.5) is 5.69 Å². The van der Waals surface area contributed by atoms with Gasteiger partial charge in [0, 0.05) is 28.9 Å². The summed E-state index contributed by atoms with van der Waals surface area (Å²) in [5, 5.41) is 2.99. The molecule has 0 bridgehead atoms. The average molecular weight is 352 g/mol. The van der Waals surface area contributed by atoms with E-state index in [0.717, 1.165) is 36.4 Å². The van der Waals surface area contributed by atoms with E-state index in [0.29, 0.717) is 24.3 Å². The molecule has 26 heavy (non-hydrogen) atoms. The third kappa shape index (κ3) is 4.07. The van der Waals surface area contributed by atoms with Crippen LogP contribution in [-0.4, -0.2) is 36.0 Å². The van der Waals surface area contributed by atoms with E-state index in [1.807, 2.05) is 48.5 Å². The first-order valence-corrected chi connectivity index (χ1v) is 9.47. The Kier molecular flexibility index (Phi) is 5.94. The van der Waals surface area contributed by atoms with Crippen molar-refractivity contribution in [1.29, 1.82) is 0 Å². The smallest absolute Gasteiger partial charge is 0.256 e. The van der Waals surface area contributed by atoms with Gasteiger partial charge in [0.25, 0.3) is 5.91 Å². The van der Waals surface area contributed by atoms with Crippen molar-refractivity contribution in [1.82, 2.24) is 4.90 Å². The third-order valence-electron chi connectivity index (χ3n) is 4.89. The normalized spacial score (nSPS) is 16.3. The number of carbonyl (C=O) groups excluding carboxylic acids is 1. The standard InChI is InChI=1S/C22H28N2O2/c1-4-13-24(16(2)3)18-14-20-19(11-8-12-21(20)26-15-18)22(25)23-17-9-6-5-7-10-17/h5-12,16,18H,4,13-15H2,1-3H3,(H,23,25)/t18-/m1/s1. The summed E-state index contributed by atoms with van der Waals surface area (Å²) in [7, 11) is 0. The van der Waals surface area contributed by atoms with Crippen LogP contribution in [0, 0.1) is 0 Å². The average Bonchev–Trinajstić information content (AvgIpc) is 2.65.